The van der Waals surface area contributed by atoms with Crippen molar-refractivity contribution in [3.05, 3.63) is 76.0 Å². The molecule has 8 nitrogen and oxygen atoms in total. The van der Waals surface area contributed by atoms with Gasteiger partial charge >= 0.3 is 0 Å². The minimum absolute atomic E-state index is 0.192. The van der Waals surface area contributed by atoms with Crippen LogP contribution in [0, 0.1) is 32.1 Å². The van der Waals surface area contributed by atoms with Crippen molar-refractivity contribution in [2.75, 3.05) is 10.2 Å². The summed E-state index contributed by atoms with van der Waals surface area (Å²) in [6, 6.07) is 13.8. The first-order valence-electron chi connectivity index (χ1n) is 10.1. The molecule has 0 unspecified atom stereocenters. The molecule has 1 aromatic heterocycles. The zero-order valence-electron chi connectivity index (χ0n) is 18.0. The summed E-state index contributed by atoms with van der Waals surface area (Å²) < 4.78 is 1.56. The molecule has 0 aliphatic carbocycles. The van der Waals surface area contributed by atoms with E-state index in [1.165, 1.54) is 18.2 Å². The van der Waals surface area contributed by atoms with Gasteiger partial charge in [-0.2, -0.15) is 10.4 Å². The number of carbonyl (C=O) groups is 3. The number of benzene rings is 2. The van der Waals surface area contributed by atoms with Crippen molar-refractivity contribution < 1.29 is 14.4 Å². The number of imide groups is 1. The predicted molar refractivity (Wildman–Crippen MR) is 119 cm³/mol. The third-order valence-electron chi connectivity index (χ3n) is 5.33. The molecule has 0 saturated carbocycles. The van der Waals surface area contributed by atoms with Crippen molar-refractivity contribution in [1.29, 1.82) is 5.26 Å². The van der Waals surface area contributed by atoms with Gasteiger partial charge in [0.15, 0.2) is 0 Å². The number of anilines is 2. The lowest BCUT2D eigenvalue weighted by Crippen LogP contribution is -2.30. The van der Waals surface area contributed by atoms with Gasteiger partial charge in [0.05, 0.1) is 41.5 Å². The van der Waals surface area contributed by atoms with Crippen molar-refractivity contribution >= 4 is 29.2 Å². The number of nitrogens with one attached hydrogen (secondary N) is 1. The molecule has 0 spiro atoms. The lowest BCUT2D eigenvalue weighted by atomic mass is 10.1. The first-order chi connectivity index (χ1) is 15.3. The van der Waals surface area contributed by atoms with Gasteiger partial charge in [0, 0.05) is 11.6 Å². The largest absolute Gasteiger partial charge is 0.307 e. The first-order valence-corrected chi connectivity index (χ1v) is 10.1. The van der Waals surface area contributed by atoms with Crippen LogP contribution in [0.15, 0.2) is 42.5 Å². The Morgan fingerprint density at radius 2 is 1.78 bits per heavy atom. The molecule has 0 bridgehead atoms. The zero-order chi connectivity index (χ0) is 23.0. The van der Waals surface area contributed by atoms with E-state index in [-0.39, 0.29) is 23.1 Å². The maximum atomic E-state index is 13.1. The number of hydrogen-bond acceptors (Lipinski definition) is 5. The topological polar surface area (TPSA) is 108 Å². The lowest BCUT2D eigenvalue weighted by molar-refractivity contribution is 0.0925. The maximum absolute atomic E-state index is 13.1. The Morgan fingerprint density at radius 3 is 2.53 bits per heavy atom. The Hall–Kier alpha value is -4.25. The molecule has 0 saturated heterocycles. The van der Waals surface area contributed by atoms with E-state index in [0.29, 0.717) is 23.7 Å². The number of rotatable bonds is 5. The van der Waals surface area contributed by atoms with Crippen LogP contribution in [0.1, 0.15) is 54.3 Å². The van der Waals surface area contributed by atoms with Crippen molar-refractivity contribution in [3.8, 4) is 6.07 Å². The number of fused-ring (bicyclic) bond motifs is 1. The van der Waals surface area contributed by atoms with Crippen molar-refractivity contribution in [2.45, 2.75) is 33.7 Å². The minimum Gasteiger partial charge on any atom is -0.307 e. The van der Waals surface area contributed by atoms with E-state index >= 15 is 0 Å². The molecule has 3 aromatic rings. The summed E-state index contributed by atoms with van der Waals surface area (Å²) in [5.74, 6) is -0.835. The molecule has 1 aliphatic rings. The molecule has 1 N–H and O–H groups in total. The van der Waals surface area contributed by atoms with Gasteiger partial charge in [-0.05, 0) is 56.2 Å². The van der Waals surface area contributed by atoms with E-state index in [9.17, 15) is 14.4 Å². The standard InChI is InChI=1S/C24H21N5O3/c1-14-5-6-15(2)20(11-14)29-23(31)18-8-7-17(13-19(18)24(29)32)22(30)26-21-12-16(3)27-28(21)10-4-9-25/h5-8,11-13H,4,10H2,1-3H3,(H,26,30). The summed E-state index contributed by atoms with van der Waals surface area (Å²) in [5, 5.41) is 15.9. The molecule has 8 heteroatoms. The monoisotopic (exact) mass is 427 g/mol. The maximum Gasteiger partial charge on any atom is 0.266 e. The fourth-order valence-electron chi connectivity index (χ4n) is 3.72. The second kappa shape index (κ2) is 8.12. The van der Waals surface area contributed by atoms with Crippen molar-refractivity contribution in [1.82, 2.24) is 9.78 Å². The van der Waals surface area contributed by atoms with Gasteiger partial charge in [-0.1, -0.05) is 12.1 Å². The number of amides is 3. The average molecular weight is 427 g/mol. The second-order valence-corrected chi connectivity index (χ2v) is 7.75. The number of carbonyl (C=O) groups excluding carboxylic acids is 3. The van der Waals surface area contributed by atoms with Gasteiger partial charge in [0.2, 0.25) is 0 Å². The molecule has 0 atom stereocenters. The Kier molecular flexibility index (Phi) is 5.33. The Morgan fingerprint density at radius 1 is 1.03 bits per heavy atom. The van der Waals surface area contributed by atoms with Crippen molar-refractivity contribution in [3.63, 3.8) is 0 Å². The predicted octanol–water partition coefficient (Wildman–Crippen LogP) is 3.77. The summed E-state index contributed by atoms with van der Waals surface area (Å²) in [6.45, 7) is 5.88. The highest BCUT2D eigenvalue weighted by Crippen LogP contribution is 2.32. The summed E-state index contributed by atoms with van der Waals surface area (Å²) in [6.07, 6.45) is 0.258. The van der Waals surface area contributed by atoms with E-state index in [1.54, 1.807) is 23.7 Å². The van der Waals surface area contributed by atoms with Crippen LogP contribution in [0.25, 0.3) is 0 Å². The van der Waals surface area contributed by atoms with Crippen LogP contribution in [0.3, 0.4) is 0 Å². The van der Waals surface area contributed by atoms with Gasteiger partial charge < -0.3 is 5.32 Å². The third-order valence-corrected chi connectivity index (χ3v) is 5.33. The van der Waals surface area contributed by atoms with Crippen LogP contribution < -0.4 is 10.2 Å². The lowest BCUT2D eigenvalue weighted by Gasteiger charge is -2.17. The number of nitriles is 1. The molecule has 0 radical (unpaired) electrons. The quantitative estimate of drug-likeness (QED) is 0.624. The molecule has 2 aromatic carbocycles. The van der Waals surface area contributed by atoms with Crippen molar-refractivity contribution in [2.24, 2.45) is 0 Å². The molecule has 2 heterocycles. The Balaban J connectivity index is 1.63. The van der Waals surface area contributed by atoms with Gasteiger partial charge in [-0.3, -0.25) is 14.4 Å². The highest BCUT2D eigenvalue weighted by molar-refractivity contribution is 6.35. The average Bonchev–Trinajstić information content (AvgIpc) is 3.24. The number of nitrogens with zero attached hydrogens (tertiary/aromatic N) is 4. The summed E-state index contributed by atoms with van der Waals surface area (Å²) in [5.41, 5.74) is 3.70. The minimum atomic E-state index is -0.455. The van der Waals surface area contributed by atoms with E-state index in [4.69, 9.17) is 5.26 Å². The number of aromatic nitrogens is 2. The highest BCUT2D eigenvalue weighted by atomic mass is 16.2. The summed E-state index contributed by atoms with van der Waals surface area (Å²) in [7, 11) is 0. The van der Waals surface area contributed by atoms with Crippen LogP contribution in [-0.2, 0) is 6.54 Å². The molecule has 3 amide bonds. The zero-order valence-corrected chi connectivity index (χ0v) is 18.0. The summed E-state index contributed by atoms with van der Waals surface area (Å²) in [4.78, 5) is 40.1. The van der Waals surface area contributed by atoms with Crippen LogP contribution in [0.4, 0.5) is 11.5 Å². The Labute approximate surface area is 185 Å². The van der Waals surface area contributed by atoms with Crippen LogP contribution in [-0.4, -0.2) is 27.5 Å². The summed E-state index contributed by atoms with van der Waals surface area (Å²) >= 11 is 0. The molecule has 1 aliphatic heterocycles. The molecule has 4 rings (SSSR count). The van der Waals surface area contributed by atoms with E-state index in [2.05, 4.69) is 16.5 Å². The number of hydrogen-bond donors (Lipinski definition) is 1. The Bertz CT molecular complexity index is 1320. The second-order valence-electron chi connectivity index (χ2n) is 7.75. The number of aryl methyl sites for hydroxylation is 4. The fourth-order valence-corrected chi connectivity index (χ4v) is 3.72. The fraction of sp³-hybridized carbons (Fsp3) is 0.208. The van der Waals surface area contributed by atoms with Gasteiger partial charge in [-0.15, -0.1) is 0 Å². The molecular weight excluding hydrogens is 406 g/mol. The molecule has 32 heavy (non-hydrogen) atoms. The first kappa shape index (κ1) is 21.0. The van der Waals surface area contributed by atoms with E-state index < -0.39 is 17.7 Å². The van der Waals surface area contributed by atoms with Gasteiger partial charge in [-0.25, -0.2) is 9.58 Å². The van der Waals surface area contributed by atoms with Gasteiger partial charge in [0.1, 0.15) is 5.82 Å². The normalized spacial score (nSPS) is 12.6. The highest BCUT2D eigenvalue weighted by Gasteiger charge is 2.37. The molecular formula is C24H21N5O3. The molecule has 0 fully saturated rings. The van der Waals surface area contributed by atoms with E-state index in [1.807, 2.05) is 26.0 Å². The van der Waals surface area contributed by atoms with Crippen LogP contribution in [0.2, 0.25) is 0 Å². The van der Waals surface area contributed by atoms with Gasteiger partial charge in [0.25, 0.3) is 17.7 Å². The third kappa shape index (κ3) is 3.65. The molecule has 160 valence electrons. The smallest absolute Gasteiger partial charge is 0.266 e. The SMILES string of the molecule is Cc1ccc(C)c(N2C(=O)c3ccc(C(=O)Nc4cc(C)nn4CCC#N)cc3C2=O)c1. The van der Waals surface area contributed by atoms with Crippen LogP contribution >= 0.6 is 0 Å². The van der Waals surface area contributed by atoms with Crippen LogP contribution in [0.5, 0.6) is 0 Å². The van der Waals surface area contributed by atoms with E-state index in [0.717, 1.165) is 16.0 Å².